The number of alkyl halides is 3. The number of carboxylic acid groups (broad SMARTS) is 1. The van der Waals surface area contributed by atoms with Crippen molar-refractivity contribution in [1.29, 1.82) is 0 Å². The second-order valence-electron chi connectivity index (χ2n) is 3.27. The third kappa shape index (κ3) is 3.73. The number of nitrogens with one attached hydrogen (secondary N) is 1. The molecular weight excluding hydrogens is 317 g/mol. The first-order valence-corrected chi connectivity index (χ1v) is 5.40. The van der Waals surface area contributed by atoms with E-state index in [-0.39, 0.29) is 17.9 Å². The van der Waals surface area contributed by atoms with Gasteiger partial charge in [0.25, 0.3) is 0 Å². The molecule has 1 aromatic heterocycles. The molecule has 0 aliphatic carbocycles. The van der Waals surface area contributed by atoms with Gasteiger partial charge in [0.15, 0.2) is 0 Å². The lowest BCUT2D eigenvalue weighted by Gasteiger charge is -2.11. The number of rotatable bonds is 4. The average molecular weight is 325 g/mol. The normalized spacial score (nSPS) is 11.1. The Labute approximate surface area is 109 Å². The number of anilines is 1. The SMILES string of the molecule is C=C(Br)CNc1nc(C(F)(F)F)ccc1C(=O)O. The van der Waals surface area contributed by atoms with E-state index in [1.807, 2.05) is 0 Å². The van der Waals surface area contributed by atoms with E-state index in [1.165, 1.54) is 0 Å². The summed E-state index contributed by atoms with van der Waals surface area (Å²) in [4.78, 5) is 14.1. The van der Waals surface area contributed by atoms with Crippen molar-refractivity contribution in [1.82, 2.24) is 4.98 Å². The molecule has 0 amide bonds. The van der Waals surface area contributed by atoms with Crippen molar-refractivity contribution >= 4 is 27.7 Å². The standard InChI is InChI=1S/C10H8BrF3N2O2/c1-5(11)4-15-8-6(9(17)18)2-3-7(16-8)10(12,13)14/h2-3H,1,4H2,(H,15,16)(H,17,18). The Morgan fingerprint density at radius 2 is 2.11 bits per heavy atom. The van der Waals surface area contributed by atoms with Crippen LogP contribution in [0.25, 0.3) is 0 Å². The Morgan fingerprint density at radius 3 is 2.56 bits per heavy atom. The van der Waals surface area contributed by atoms with Crippen LogP contribution in [0, 0.1) is 0 Å². The quantitative estimate of drug-likeness (QED) is 0.893. The fraction of sp³-hybridized carbons (Fsp3) is 0.200. The molecule has 18 heavy (non-hydrogen) atoms. The Morgan fingerprint density at radius 1 is 1.50 bits per heavy atom. The first kappa shape index (κ1) is 14.5. The molecule has 0 radical (unpaired) electrons. The van der Waals surface area contributed by atoms with Gasteiger partial charge in [-0.05, 0) is 12.1 Å². The van der Waals surface area contributed by atoms with Crippen molar-refractivity contribution in [3.63, 3.8) is 0 Å². The van der Waals surface area contributed by atoms with Gasteiger partial charge in [-0.1, -0.05) is 22.5 Å². The maximum Gasteiger partial charge on any atom is 0.433 e. The van der Waals surface area contributed by atoms with Crippen LogP contribution in [-0.4, -0.2) is 22.6 Å². The second kappa shape index (κ2) is 5.38. The molecule has 0 spiro atoms. The van der Waals surface area contributed by atoms with Gasteiger partial charge >= 0.3 is 12.1 Å². The van der Waals surface area contributed by atoms with E-state index >= 15 is 0 Å². The molecule has 0 aliphatic heterocycles. The molecule has 8 heteroatoms. The lowest BCUT2D eigenvalue weighted by atomic mass is 10.2. The highest BCUT2D eigenvalue weighted by Crippen LogP contribution is 2.29. The van der Waals surface area contributed by atoms with E-state index in [9.17, 15) is 18.0 Å². The van der Waals surface area contributed by atoms with Crippen LogP contribution in [0.4, 0.5) is 19.0 Å². The van der Waals surface area contributed by atoms with Crippen LogP contribution in [-0.2, 0) is 6.18 Å². The summed E-state index contributed by atoms with van der Waals surface area (Å²) in [6.07, 6.45) is -4.63. The third-order valence-corrected chi connectivity index (χ3v) is 2.14. The fourth-order valence-corrected chi connectivity index (χ4v) is 1.24. The first-order chi connectivity index (χ1) is 8.21. The number of hydrogen-bond donors (Lipinski definition) is 2. The van der Waals surface area contributed by atoms with Crippen molar-refractivity contribution in [2.45, 2.75) is 6.18 Å². The minimum atomic E-state index is -4.63. The van der Waals surface area contributed by atoms with Gasteiger partial charge in [0.1, 0.15) is 17.1 Å². The molecule has 98 valence electrons. The van der Waals surface area contributed by atoms with E-state index in [2.05, 4.69) is 32.8 Å². The predicted octanol–water partition coefficient (Wildman–Crippen LogP) is 3.12. The number of nitrogens with zero attached hydrogens (tertiary/aromatic N) is 1. The summed E-state index contributed by atoms with van der Waals surface area (Å²) < 4.78 is 37.8. The van der Waals surface area contributed by atoms with E-state index in [1.54, 1.807) is 0 Å². The first-order valence-electron chi connectivity index (χ1n) is 4.60. The Balaban J connectivity index is 3.15. The Bertz CT molecular complexity index is 489. The molecule has 0 bridgehead atoms. The molecule has 1 aromatic rings. The number of carbonyl (C=O) groups is 1. The van der Waals surface area contributed by atoms with Crippen molar-refractivity contribution in [3.8, 4) is 0 Å². The number of aromatic carboxylic acids is 1. The number of carboxylic acids is 1. The number of hydrogen-bond acceptors (Lipinski definition) is 3. The van der Waals surface area contributed by atoms with Crippen molar-refractivity contribution in [3.05, 3.63) is 34.5 Å². The number of halogens is 4. The summed E-state index contributed by atoms with van der Waals surface area (Å²) in [5.41, 5.74) is -1.49. The number of pyridine rings is 1. The third-order valence-electron chi connectivity index (χ3n) is 1.86. The lowest BCUT2D eigenvalue weighted by molar-refractivity contribution is -0.141. The van der Waals surface area contributed by atoms with Gasteiger partial charge in [-0.15, -0.1) is 0 Å². The van der Waals surface area contributed by atoms with Gasteiger partial charge in [0.2, 0.25) is 0 Å². The van der Waals surface area contributed by atoms with Crippen LogP contribution < -0.4 is 5.32 Å². The van der Waals surface area contributed by atoms with Crippen LogP contribution in [0.5, 0.6) is 0 Å². The lowest BCUT2D eigenvalue weighted by Crippen LogP contribution is -2.14. The molecule has 0 unspecified atom stereocenters. The van der Waals surface area contributed by atoms with Gasteiger partial charge in [0.05, 0.1) is 0 Å². The summed E-state index contributed by atoms with van der Waals surface area (Å²) in [5, 5.41) is 11.3. The van der Waals surface area contributed by atoms with E-state index in [0.717, 1.165) is 6.07 Å². The molecule has 0 atom stereocenters. The van der Waals surface area contributed by atoms with Gasteiger partial charge in [-0.25, -0.2) is 9.78 Å². The van der Waals surface area contributed by atoms with Crippen molar-refractivity contribution in [2.75, 3.05) is 11.9 Å². The number of aromatic nitrogens is 1. The van der Waals surface area contributed by atoms with Gasteiger partial charge in [-0.2, -0.15) is 13.2 Å². The predicted molar refractivity (Wildman–Crippen MR) is 62.8 cm³/mol. The highest BCUT2D eigenvalue weighted by Gasteiger charge is 2.33. The maximum atomic E-state index is 12.4. The zero-order chi connectivity index (χ0) is 13.9. The summed E-state index contributed by atoms with van der Waals surface area (Å²) in [7, 11) is 0. The van der Waals surface area contributed by atoms with Crippen LogP contribution in [0.15, 0.2) is 23.2 Å². The van der Waals surface area contributed by atoms with Crippen LogP contribution >= 0.6 is 15.9 Å². The van der Waals surface area contributed by atoms with E-state index < -0.39 is 17.8 Å². The van der Waals surface area contributed by atoms with E-state index in [4.69, 9.17) is 5.11 Å². The van der Waals surface area contributed by atoms with Gasteiger partial charge in [-0.3, -0.25) is 0 Å². The zero-order valence-corrected chi connectivity index (χ0v) is 10.5. The summed E-state index contributed by atoms with van der Waals surface area (Å²) >= 11 is 3.00. The Hall–Kier alpha value is -1.57. The topological polar surface area (TPSA) is 62.2 Å². The molecule has 0 saturated carbocycles. The van der Waals surface area contributed by atoms with Crippen LogP contribution in [0.1, 0.15) is 16.1 Å². The van der Waals surface area contributed by atoms with Crippen molar-refractivity contribution in [2.24, 2.45) is 0 Å². The molecule has 0 aliphatic rings. The average Bonchev–Trinajstić information content (AvgIpc) is 2.24. The monoisotopic (exact) mass is 324 g/mol. The molecule has 0 aromatic carbocycles. The van der Waals surface area contributed by atoms with Crippen LogP contribution in [0.3, 0.4) is 0 Å². The zero-order valence-electron chi connectivity index (χ0n) is 8.88. The van der Waals surface area contributed by atoms with Gasteiger partial charge in [0, 0.05) is 11.0 Å². The highest BCUT2D eigenvalue weighted by molar-refractivity contribution is 9.11. The van der Waals surface area contributed by atoms with Crippen LogP contribution in [0.2, 0.25) is 0 Å². The van der Waals surface area contributed by atoms with Gasteiger partial charge < -0.3 is 10.4 Å². The largest absolute Gasteiger partial charge is 0.478 e. The summed E-state index contributed by atoms with van der Waals surface area (Å²) in [5.74, 6) is -1.71. The summed E-state index contributed by atoms with van der Waals surface area (Å²) in [6.45, 7) is 3.54. The fourth-order valence-electron chi connectivity index (χ4n) is 1.10. The molecule has 0 saturated heterocycles. The molecule has 4 nitrogen and oxygen atoms in total. The minimum absolute atomic E-state index is 0.0641. The highest BCUT2D eigenvalue weighted by atomic mass is 79.9. The smallest absolute Gasteiger partial charge is 0.433 e. The second-order valence-corrected chi connectivity index (χ2v) is 4.39. The van der Waals surface area contributed by atoms with E-state index in [0.29, 0.717) is 10.5 Å². The maximum absolute atomic E-state index is 12.4. The van der Waals surface area contributed by atoms with Crippen molar-refractivity contribution < 1.29 is 23.1 Å². The minimum Gasteiger partial charge on any atom is -0.478 e. The molecule has 0 fully saturated rings. The molecule has 1 rings (SSSR count). The molecule has 1 heterocycles. The Kier molecular flexibility index (Phi) is 4.33. The summed E-state index contributed by atoms with van der Waals surface area (Å²) in [6, 6.07) is 1.48. The molecular formula is C10H8BrF3N2O2. The molecule has 2 N–H and O–H groups in total.